The molecule has 0 unspecified atom stereocenters. The van der Waals surface area contributed by atoms with Crippen molar-refractivity contribution in [2.24, 2.45) is 0 Å². The number of aryl methyl sites for hydroxylation is 1. The minimum atomic E-state index is -0.681. The fourth-order valence-corrected chi connectivity index (χ4v) is 1.94. The van der Waals surface area contributed by atoms with E-state index in [1.54, 1.807) is 0 Å². The molecule has 4 heteroatoms. The Balaban J connectivity index is 2.85. The average Bonchev–Trinajstić information content (AvgIpc) is 2.47. The minimum absolute atomic E-state index is 0.147. The lowest BCUT2D eigenvalue weighted by molar-refractivity contribution is 0.0493. The second kappa shape index (κ2) is 3.93. The first-order valence-corrected chi connectivity index (χ1v) is 5.37. The Bertz CT molecular complexity index is 323. The van der Waals surface area contributed by atoms with E-state index in [1.807, 2.05) is 31.6 Å². The maximum absolute atomic E-state index is 9.82. The van der Waals surface area contributed by atoms with Gasteiger partial charge in [-0.2, -0.15) is 0 Å². The topological polar surface area (TPSA) is 50.9 Å². The summed E-state index contributed by atoms with van der Waals surface area (Å²) in [6.45, 7) is 10.6. The van der Waals surface area contributed by atoms with Gasteiger partial charge in [-0.3, -0.25) is 4.68 Å². The molecule has 0 aliphatic heterocycles. The Morgan fingerprint density at radius 2 is 1.93 bits per heavy atom. The summed E-state index contributed by atoms with van der Waals surface area (Å²) in [5.41, 5.74) is 0.108. The molecule has 0 bridgehead atoms. The second-order valence-electron chi connectivity index (χ2n) is 5.33. The predicted molar refractivity (Wildman–Crippen MR) is 59.6 cm³/mol. The Kier molecular flexibility index (Phi) is 3.19. The van der Waals surface area contributed by atoms with Gasteiger partial charge in [-0.25, -0.2) is 0 Å². The molecule has 1 aromatic rings. The number of nitrogens with zero attached hydrogens (tertiary/aromatic N) is 3. The summed E-state index contributed by atoms with van der Waals surface area (Å²) in [5, 5.41) is 18.0. The van der Waals surface area contributed by atoms with E-state index in [9.17, 15) is 5.11 Å². The monoisotopic (exact) mass is 211 g/mol. The van der Waals surface area contributed by atoms with Gasteiger partial charge in [-0.05, 0) is 27.2 Å². The van der Waals surface area contributed by atoms with Gasteiger partial charge in [0.25, 0.3) is 0 Å². The summed E-state index contributed by atoms with van der Waals surface area (Å²) in [6.07, 6.45) is 2.62. The highest BCUT2D eigenvalue weighted by molar-refractivity contribution is 5.10. The molecule has 1 rings (SSSR count). The second-order valence-corrected chi connectivity index (χ2v) is 5.33. The van der Waals surface area contributed by atoms with Gasteiger partial charge in [0.2, 0.25) is 0 Å². The molecule has 15 heavy (non-hydrogen) atoms. The molecule has 0 amide bonds. The lowest BCUT2D eigenvalue weighted by Crippen LogP contribution is -2.31. The molecule has 1 aromatic heterocycles. The van der Waals surface area contributed by atoms with Gasteiger partial charge in [0.05, 0.1) is 11.3 Å². The van der Waals surface area contributed by atoms with Gasteiger partial charge >= 0.3 is 0 Å². The first-order chi connectivity index (χ1) is 6.74. The van der Waals surface area contributed by atoms with Crippen molar-refractivity contribution < 1.29 is 5.11 Å². The largest absolute Gasteiger partial charge is 0.390 e. The standard InChI is InChI=1S/C11H21N3O/c1-6-14-7-9(12-13-14)10(2,3)8-11(4,5)15/h7,15H,6,8H2,1-5H3. The molecule has 0 spiro atoms. The van der Waals surface area contributed by atoms with Crippen LogP contribution in [0.4, 0.5) is 0 Å². The Hall–Kier alpha value is -0.900. The van der Waals surface area contributed by atoms with Crippen LogP contribution in [0.15, 0.2) is 6.20 Å². The predicted octanol–water partition coefficient (Wildman–Crippen LogP) is 1.74. The minimum Gasteiger partial charge on any atom is -0.390 e. The molecule has 4 nitrogen and oxygen atoms in total. The molecule has 0 saturated heterocycles. The third kappa shape index (κ3) is 3.30. The third-order valence-corrected chi connectivity index (χ3v) is 2.43. The maximum atomic E-state index is 9.82. The zero-order valence-corrected chi connectivity index (χ0v) is 10.3. The van der Waals surface area contributed by atoms with Gasteiger partial charge in [0, 0.05) is 18.2 Å². The molecule has 0 aliphatic carbocycles. The summed E-state index contributed by atoms with van der Waals surface area (Å²) in [6, 6.07) is 0. The fourth-order valence-electron chi connectivity index (χ4n) is 1.94. The van der Waals surface area contributed by atoms with E-state index in [2.05, 4.69) is 24.2 Å². The molecule has 86 valence electrons. The van der Waals surface area contributed by atoms with Crippen LogP contribution in [-0.2, 0) is 12.0 Å². The summed E-state index contributed by atoms with van der Waals surface area (Å²) >= 11 is 0. The van der Waals surface area contributed by atoms with Gasteiger partial charge in [0.15, 0.2) is 0 Å². The van der Waals surface area contributed by atoms with Crippen molar-refractivity contribution in [2.45, 2.75) is 58.6 Å². The summed E-state index contributed by atoms with van der Waals surface area (Å²) in [5.74, 6) is 0. The summed E-state index contributed by atoms with van der Waals surface area (Å²) in [4.78, 5) is 0. The quantitative estimate of drug-likeness (QED) is 0.825. The Labute approximate surface area is 91.3 Å². The van der Waals surface area contributed by atoms with Crippen LogP contribution in [0.5, 0.6) is 0 Å². The number of hydrogen-bond donors (Lipinski definition) is 1. The van der Waals surface area contributed by atoms with Gasteiger partial charge in [0.1, 0.15) is 0 Å². The van der Waals surface area contributed by atoms with Crippen LogP contribution in [0.3, 0.4) is 0 Å². The van der Waals surface area contributed by atoms with E-state index in [4.69, 9.17) is 0 Å². The Morgan fingerprint density at radius 3 is 2.33 bits per heavy atom. The van der Waals surface area contributed by atoms with E-state index >= 15 is 0 Å². The molecule has 0 saturated carbocycles. The highest BCUT2D eigenvalue weighted by Crippen LogP contribution is 2.30. The molecule has 0 aliphatic rings. The lowest BCUT2D eigenvalue weighted by Gasteiger charge is -2.29. The van der Waals surface area contributed by atoms with Crippen molar-refractivity contribution in [2.75, 3.05) is 0 Å². The van der Waals surface area contributed by atoms with E-state index in [0.717, 1.165) is 12.2 Å². The normalized spacial score (nSPS) is 13.2. The van der Waals surface area contributed by atoms with Crippen LogP contribution in [0, 0.1) is 0 Å². The summed E-state index contributed by atoms with van der Waals surface area (Å²) < 4.78 is 1.81. The molecule has 0 atom stereocenters. The molecule has 1 N–H and O–H groups in total. The first-order valence-electron chi connectivity index (χ1n) is 5.37. The van der Waals surface area contributed by atoms with Crippen LogP contribution in [-0.4, -0.2) is 25.7 Å². The molecular formula is C11H21N3O. The molecule has 1 heterocycles. The lowest BCUT2D eigenvalue weighted by atomic mass is 9.79. The van der Waals surface area contributed by atoms with Gasteiger partial charge in [-0.15, -0.1) is 5.10 Å². The van der Waals surface area contributed by atoms with Crippen molar-refractivity contribution >= 4 is 0 Å². The zero-order chi connectivity index (χ0) is 11.7. The highest BCUT2D eigenvalue weighted by Gasteiger charge is 2.30. The third-order valence-electron chi connectivity index (χ3n) is 2.43. The molecule has 0 radical (unpaired) electrons. The maximum Gasteiger partial charge on any atom is 0.0884 e. The number of hydrogen-bond acceptors (Lipinski definition) is 3. The van der Waals surface area contributed by atoms with Crippen molar-refractivity contribution in [3.05, 3.63) is 11.9 Å². The average molecular weight is 211 g/mol. The van der Waals surface area contributed by atoms with E-state index in [1.165, 1.54) is 0 Å². The van der Waals surface area contributed by atoms with Crippen molar-refractivity contribution in [3.63, 3.8) is 0 Å². The van der Waals surface area contributed by atoms with E-state index < -0.39 is 5.60 Å². The van der Waals surface area contributed by atoms with Gasteiger partial charge in [-0.1, -0.05) is 19.1 Å². The van der Waals surface area contributed by atoms with E-state index in [-0.39, 0.29) is 5.41 Å². The molecule has 0 fully saturated rings. The van der Waals surface area contributed by atoms with Crippen molar-refractivity contribution in [1.29, 1.82) is 0 Å². The fraction of sp³-hybridized carbons (Fsp3) is 0.818. The van der Waals surface area contributed by atoms with Gasteiger partial charge < -0.3 is 5.11 Å². The smallest absolute Gasteiger partial charge is 0.0884 e. The zero-order valence-electron chi connectivity index (χ0n) is 10.3. The first kappa shape index (κ1) is 12.2. The van der Waals surface area contributed by atoms with Crippen LogP contribution in [0.2, 0.25) is 0 Å². The van der Waals surface area contributed by atoms with Crippen LogP contribution in [0.1, 0.15) is 46.7 Å². The van der Waals surface area contributed by atoms with Crippen LogP contribution in [0.25, 0.3) is 0 Å². The van der Waals surface area contributed by atoms with Crippen LogP contribution >= 0.6 is 0 Å². The Morgan fingerprint density at radius 1 is 1.33 bits per heavy atom. The summed E-state index contributed by atoms with van der Waals surface area (Å²) in [7, 11) is 0. The molecular weight excluding hydrogens is 190 g/mol. The number of aromatic nitrogens is 3. The molecule has 0 aromatic carbocycles. The SMILES string of the molecule is CCn1cc(C(C)(C)CC(C)(C)O)nn1. The van der Waals surface area contributed by atoms with E-state index in [0.29, 0.717) is 6.42 Å². The number of rotatable bonds is 4. The van der Waals surface area contributed by atoms with Crippen molar-refractivity contribution in [1.82, 2.24) is 15.0 Å². The van der Waals surface area contributed by atoms with Crippen molar-refractivity contribution in [3.8, 4) is 0 Å². The van der Waals surface area contributed by atoms with Crippen LogP contribution < -0.4 is 0 Å². The number of aliphatic hydroxyl groups is 1. The highest BCUT2D eigenvalue weighted by atomic mass is 16.3.